The number of carbonyl (C=O) groups excluding carboxylic acids is 1. The SMILES string of the molecule is NC(=O)[C@@H]1CC[C@@]2(S(=O)(=O)c3ccc(F)cc3)c3ccc(C(F)(C(F)(F)F)C(F)(F)F)cc3CC[C@@H]12. The van der Waals surface area contributed by atoms with Crippen LogP contribution in [0.15, 0.2) is 47.4 Å². The third-order valence-electron chi connectivity index (χ3n) is 7.35. The molecule has 1 saturated carbocycles. The standard InChI is InChI=1S/C23H19F8NO3S/c24-14-3-5-15(6-4-14)36(34,35)20-10-9-16(19(32)33)18(20)7-1-12-11-13(2-8-17(12)20)21(25,22(26,27)28)23(29,30)31/h2-6,8,11,16,18H,1,7,9-10H2,(H2,32,33)/t16-,18+,20-/m1/s1. The highest BCUT2D eigenvalue weighted by molar-refractivity contribution is 7.92. The summed E-state index contributed by atoms with van der Waals surface area (Å²) in [4.78, 5) is 11.8. The van der Waals surface area contributed by atoms with Crippen molar-refractivity contribution < 1.29 is 48.3 Å². The van der Waals surface area contributed by atoms with Gasteiger partial charge in [0.25, 0.3) is 0 Å². The van der Waals surface area contributed by atoms with Crippen molar-refractivity contribution >= 4 is 15.7 Å². The van der Waals surface area contributed by atoms with Crippen molar-refractivity contribution in [3.05, 3.63) is 65.0 Å². The van der Waals surface area contributed by atoms with Crippen LogP contribution in [0.5, 0.6) is 0 Å². The third kappa shape index (κ3) is 3.52. The number of primary amides is 1. The molecule has 2 aliphatic rings. The lowest BCUT2D eigenvalue weighted by molar-refractivity contribution is -0.348. The van der Waals surface area contributed by atoms with Gasteiger partial charge in [-0.1, -0.05) is 18.2 Å². The number of hydrogen-bond acceptors (Lipinski definition) is 3. The Balaban J connectivity index is 1.97. The summed E-state index contributed by atoms with van der Waals surface area (Å²) in [6.45, 7) is 0. The van der Waals surface area contributed by atoms with E-state index in [0.29, 0.717) is 6.07 Å². The Bertz CT molecular complexity index is 1290. The van der Waals surface area contributed by atoms with Crippen LogP contribution in [0.2, 0.25) is 0 Å². The summed E-state index contributed by atoms with van der Waals surface area (Å²) in [5.41, 5.74) is -2.26. The summed E-state index contributed by atoms with van der Waals surface area (Å²) in [5, 5.41) is 0. The van der Waals surface area contributed by atoms with Crippen molar-refractivity contribution in [3.8, 4) is 0 Å². The number of hydrogen-bond donors (Lipinski definition) is 1. The van der Waals surface area contributed by atoms with E-state index in [2.05, 4.69) is 0 Å². The monoisotopic (exact) mass is 541 g/mol. The van der Waals surface area contributed by atoms with E-state index in [1.807, 2.05) is 0 Å². The van der Waals surface area contributed by atoms with Crippen LogP contribution < -0.4 is 5.73 Å². The Morgan fingerprint density at radius 2 is 1.50 bits per heavy atom. The Kier molecular flexibility index (Phi) is 5.97. The second-order valence-corrected chi connectivity index (χ2v) is 11.3. The highest BCUT2D eigenvalue weighted by Crippen LogP contribution is 2.60. The van der Waals surface area contributed by atoms with E-state index < -0.39 is 61.7 Å². The minimum atomic E-state index is -6.33. The van der Waals surface area contributed by atoms with E-state index in [1.165, 1.54) is 0 Å². The van der Waals surface area contributed by atoms with Gasteiger partial charge < -0.3 is 5.73 Å². The van der Waals surface area contributed by atoms with Crippen LogP contribution in [0.4, 0.5) is 35.1 Å². The summed E-state index contributed by atoms with van der Waals surface area (Å²) < 4.78 is 134. The largest absolute Gasteiger partial charge is 0.435 e. The molecule has 196 valence electrons. The van der Waals surface area contributed by atoms with Gasteiger partial charge in [0.1, 0.15) is 10.6 Å². The number of sulfone groups is 1. The molecule has 13 heteroatoms. The van der Waals surface area contributed by atoms with Crippen molar-refractivity contribution in [1.82, 2.24) is 0 Å². The first-order chi connectivity index (χ1) is 16.5. The second-order valence-electron chi connectivity index (χ2n) is 9.07. The molecule has 0 unspecified atom stereocenters. The molecule has 2 aromatic rings. The first-order valence-electron chi connectivity index (χ1n) is 10.7. The van der Waals surface area contributed by atoms with Crippen molar-refractivity contribution in [1.29, 1.82) is 0 Å². The van der Waals surface area contributed by atoms with Crippen molar-refractivity contribution in [2.45, 2.75) is 53.3 Å². The molecular formula is C23H19F8NO3S. The van der Waals surface area contributed by atoms with Gasteiger partial charge in [-0.05, 0) is 67.0 Å². The maximum absolute atomic E-state index is 14.7. The van der Waals surface area contributed by atoms with Crippen LogP contribution in [-0.4, -0.2) is 26.7 Å². The van der Waals surface area contributed by atoms with Crippen LogP contribution in [0, 0.1) is 17.7 Å². The number of amides is 1. The lowest BCUT2D eigenvalue weighted by Crippen LogP contribution is -2.51. The molecule has 0 spiro atoms. The molecule has 0 radical (unpaired) electrons. The highest BCUT2D eigenvalue weighted by Gasteiger charge is 2.73. The summed E-state index contributed by atoms with van der Waals surface area (Å²) in [5.74, 6) is -3.41. The molecule has 0 saturated heterocycles. The smallest absolute Gasteiger partial charge is 0.369 e. The number of nitrogens with two attached hydrogens (primary N) is 1. The number of fused-ring (bicyclic) bond motifs is 3. The Hall–Kier alpha value is -2.70. The average Bonchev–Trinajstić information content (AvgIpc) is 3.19. The fraction of sp³-hybridized carbons (Fsp3) is 0.435. The van der Waals surface area contributed by atoms with Crippen LogP contribution >= 0.6 is 0 Å². The minimum Gasteiger partial charge on any atom is -0.369 e. The quantitative estimate of drug-likeness (QED) is 0.425. The van der Waals surface area contributed by atoms with Crippen molar-refractivity contribution in [2.75, 3.05) is 0 Å². The van der Waals surface area contributed by atoms with E-state index in [4.69, 9.17) is 5.73 Å². The van der Waals surface area contributed by atoms with E-state index >= 15 is 0 Å². The van der Waals surface area contributed by atoms with Gasteiger partial charge >= 0.3 is 18.0 Å². The summed E-state index contributed by atoms with van der Waals surface area (Å²) in [6, 6.07) is 5.17. The Labute approximate surface area is 200 Å². The first-order valence-corrected chi connectivity index (χ1v) is 12.2. The summed E-state index contributed by atoms with van der Waals surface area (Å²) in [7, 11) is -4.47. The van der Waals surface area contributed by atoms with Gasteiger partial charge in [-0.2, -0.15) is 26.3 Å². The number of halogens is 8. The van der Waals surface area contributed by atoms with Crippen LogP contribution in [0.25, 0.3) is 0 Å². The molecule has 3 atom stereocenters. The van der Waals surface area contributed by atoms with Crippen LogP contribution in [0.1, 0.15) is 36.0 Å². The molecule has 36 heavy (non-hydrogen) atoms. The topological polar surface area (TPSA) is 77.2 Å². The predicted octanol–water partition coefficient (Wildman–Crippen LogP) is 5.24. The molecule has 2 N–H and O–H groups in total. The van der Waals surface area contributed by atoms with Crippen molar-refractivity contribution in [3.63, 3.8) is 0 Å². The zero-order chi connectivity index (χ0) is 26.9. The number of rotatable bonds is 4. The summed E-state index contributed by atoms with van der Waals surface area (Å²) in [6.07, 6.45) is -13.2. The molecule has 0 heterocycles. The van der Waals surface area contributed by atoms with E-state index in [1.54, 1.807) is 0 Å². The first kappa shape index (κ1) is 26.4. The fourth-order valence-corrected chi connectivity index (χ4v) is 8.19. The predicted molar refractivity (Wildman–Crippen MR) is 110 cm³/mol. The van der Waals surface area contributed by atoms with E-state index in [0.717, 1.165) is 30.3 Å². The van der Waals surface area contributed by atoms with Crippen molar-refractivity contribution in [2.24, 2.45) is 17.6 Å². The van der Waals surface area contributed by atoms with Gasteiger partial charge in [-0.15, -0.1) is 0 Å². The molecule has 4 nitrogen and oxygen atoms in total. The molecule has 2 aromatic carbocycles. The summed E-state index contributed by atoms with van der Waals surface area (Å²) >= 11 is 0. The van der Waals surface area contributed by atoms with Gasteiger partial charge in [-0.3, -0.25) is 4.79 Å². The molecule has 4 rings (SSSR count). The third-order valence-corrected chi connectivity index (χ3v) is 9.92. The maximum atomic E-state index is 14.7. The van der Waals surface area contributed by atoms with Gasteiger partial charge in [0, 0.05) is 11.5 Å². The lowest BCUT2D eigenvalue weighted by atomic mass is 9.72. The molecular weight excluding hydrogens is 522 g/mol. The Morgan fingerprint density at radius 1 is 0.917 bits per heavy atom. The molecule has 2 aliphatic carbocycles. The number of alkyl halides is 7. The van der Waals surface area contributed by atoms with E-state index in [9.17, 15) is 48.3 Å². The second kappa shape index (κ2) is 8.15. The lowest BCUT2D eigenvalue weighted by Gasteiger charge is -2.42. The normalized spacial score (nSPS) is 24.8. The number of benzene rings is 2. The molecule has 0 aromatic heterocycles. The van der Waals surface area contributed by atoms with Gasteiger partial charge in [0.2, 0.25) is 5.91 Å². The molecule has 1 amide bonds. The molecule has 1 fully saturated rings. The minimum absolute atomic E-state index is 0.000231. The fourth-order valence-electron chi connectivity index (χ4n) is 5.72. The number of carbonyl (C=O) groups is 1. The molecule has 0 aliphatic heterocycles. The molecule has 0 bridgehead atoms. The van der Waals surface area contributed by atoms with Crippen LogP contribution in [-0.2, 0) is 31.5 Å². The zero-order valence-electron chi connectivity index (χ0n) is 18.3. The zero-order valence-corrected chi connectivity index (χ0v) is 19.1. The van der Waals surface area contributed by atoms with E-state index in [-0.39, 0.29) is 47.8 Å². The Morgan fingerprint density at radius 3 is 2.03 bits per heavy atom. The van der Waals surface area contributed by atoms with Gasteiger partial charge in [0.15, 0.2) is 9.84 Å². The average molecular weight is 541 g/mol. The van der Waals surface area contributed by atoms with Gasteiger partial charge in [0.05, 0.1) is 4.90 Å². The number of aryl methyl sites for hydroxylation is 1. The van der Waals surface area contributed by atoms with Gasteiger partial charge in [-0.25, -0.2) is 17.2 Å². The highest BCUT2D eigenvalue weighted by atomic mass is 32.2. The van der Waals surface area contributed by atoms with Crippen LogP contribution in [0.3, 0.4) is 0 Å². The maximum Gasteiger partial charge on any atom is 0.435 e.